The molecule has 2 N–H and O–H groups in total. The highest BCUT2D eigenvalue weighted by molar-refractivity contribution is 9.10. The van der Waals surface area contributed by atoms with Gasteiger partial charge in [-0.2, -0.15) is 10.4 Å². The molecule has 5 atom stereocenters. The molecule has 15 heteroatoms. The molecule has 0 unspecified atom stereocenters. The second-order valence-corrected chi connectivity index (χ2v) is 9.65. The third-order valence-electron chi connectivity index (χ3n) is 5.63. The van der Waals surface area contributed by atoms with Crippen molar-refractivity contribution in [1.29, 1.82) is 5.26 Å². The fraction of sp³-hybridized carbons (Fsp3) is 0.417. The summed E-state index contributed by atoms with van der Waals surface area (Å²) in [5.74, 6) is -3.50. The number of hydrogen-bond acceptors (Lipinski definition) is 12. The van der Waals surface area contributed by atoms with Gasteiger partial charge in [0.15, 0.2) is 18.3 Å². The lowest BCUT2D eigenvalue weighted by Gasteiger charge is -2.40. The molecule has 0 bridgehead atoms. The van der Waals surface area contributed by atoms with E-state index in [0.717, 1.165) is 27.9 Å². The fourth-order valence-electron chi connectivity index (χ4n) is 4.04. The molecular weight excluding hydrogens is 604 g/mol. The Morgan fingerprint density at radius 3 is 2.44 bits per heavy atom. The number of fused-ring (bicyclic) bond motifs is 1. The molecule has 1 aromatic heterocycles. The van der Waals surface area contributed by atoms with Crippen molar-refractivity contribution in [3.8, 4) is 6.07 Å². The van der Waals surface area contributed by atoms with Crippen LogP contribution in [-0.2, 0) is 42.9 Å². The molecule has 0 saturated heterocycles. The molecule has 2 aromatic rings. The quantitative estimate of drug-likeness (QED) is 0.333. The summed E-state index contributed by atoms with van der Waals surface area (Å²) in [5.41, 5.74) is 7.05. The Bertz CT molecular complexity index is 1390. The van der Waals surface area contributed by atoms with Gasteiger partial charge in [-0.05, 0) is 34.1 Å². The molecule has 0 spiro atoms. The maximum atomic E-state index is 12.6. The summed E-state index contributed by atoms with van der Waals surface area (Å²) in [7, 11) is 1.12. The second kappa shape index (κ2) is 12.5. The summed E-state index contributed by atoms with van der Waals surface area (Å²) in [6, 6.07) is 3.06. The van der Waals surface area contributed by atoms with Gasteiger partial charge in [0.25, 0.3) is 0 Å². The molecule has 0 fully saturated rings. The number of rotatable bonds is 8. The molecule has 3 rings (SSSR count). The van der Waals surface area contributed by atoms with E-state index in [0.29, 0.717) is 20.4 Å². The summed E-state index contributed by atoms with van der Waals surface area (Å²) < 4.78 is 28.2. The number of hydrogen-bond donors (Lipinski definition) is 1. The number of nitrogens with two attached hydrogens (primary N) is 1. The second-order valence-electron chi connectivity index (χ2n) is 8.39. The van der Waals surface area contributed by atoms with Gasteiger partial charge in [0.1, 0.15) is 18.4 Å². The highest BCUT2D eigenvalue weighted by atomic mass is 79.9. The number of carbonyl (C=O) groups is 4. The van der Waals surface area contributed by atoms with E-state index in [2.05, 4.69) is 27.1 Å². The van der Waals surface area contributed by atoms with Crippen LogP contribution in [0.25, 0.3) is 10.9 Å². The van der Waals surface area contributed by atoms with Gasteiger partial charge < -0.3 is 29.4 Å². The number of esters is 4. The highest BCUT2D eigenvalue weighted by Crippen LogP contribution is 2.35. The first kappa shape index (κ1) is 29.9. The summed E-state index contributed by atoms with van der Waals surface area (Å²) in [5, 5.41) is 15.3. The van der Waals surface area contributed by atoms with E-state index < -0.39 is 60.9 Å². The molecule has 0 aliphatic carbocycles. The molecule has 1 aromatic carbocycles. The lowest BCUT2D eigenvalue weighted by atomic mass is 9.92. The predicted molar refractivity (Wildman–Crippen MR) is 137 cm³/mol. The van der Waals surface area contributed by atoms with Crippen LogP contribution in [0.2, 0.25) is 5.02 Å². The average Bonchev–Trinajstić information content (AvgIpc) is 3.21. The van der Waals surface area contributed by atoms with Crippen LogP contribution in [0.1, 0.15) is 32.5 Å². The average molecular weight is 628 g/mol. The van der Waals surface area contributed by atoms with Crippen LogP contribution in [-0.4, -0.2) is 71.7 Å². The monoisotopic (exact) mass is 626 g/mol. The van der Waals surface area contributed by atoms with Crippen LogP contribution in [0, 0.1) is 11.3 Å². The molecule has 39 heavy (non-hydrogen) atoms. The van der Waals surface area contributed by atoms with Gasteiger partial charge in [-0.25, -0.2) is 9.48 Å². The van der Waals surface area contributed by atoms with Crippen LogP contribution >= 0.6 is 27.5 Å². The third-order valence-corrected chi connectivity index (χ3v) is 6.83. The summed E-state index contributed by atoms with van der Waals surface area (Å²) in [4.78, 5) is 48.0. The van der Waals surface area contributed by atoms with Gasteiger partial charge in [-0.1, -0.05) is 11.6 Å². The van der Waals surface area contributed by atoms with Crippen molar-refractivity contribution >= 4 is 62.3 Å². The minimum absolute atomic E-state index is 0.0874. The maximum absolute atomic E-state index is 12.6. The van der Waals surface area contributed by atoms with Gasteiger partial charge in [-0.15, -0.1) is 0 Å². The smallest absolute Gasteiger partial charge is 0.373 e. The number of nitrogens with zero attached hydrogens (tertiary/aromatic N) is 3. The topological polar surface area (TPSA) is 182 Å². The number of methoxy groups -OCH3 is 1. The van der Waals surface area contributed by atoms with Gasteiger partial charge in [0.05, 0.1) is 29.7 Å². The van der Waals surface area contributed by atoms with Crippen molar-refractivity contribution in [1.82, 2.24) is 9.78 Å². The van der Waals surface area contributed by atoms with Crippen LogP contribution in [0.3, 0.4) is 0 Å². The number of nitriles is 1. The minimum Gasteiger partial charge on any atom is -0.478 e. The molecule has 13 nitrogen and oxygen atoms in total. The number of benzene rings is 1. The largest absolute Gasteiger partial charge is 0.478 e. The Morgan fingerprint density at radius 1 is 1.21 bits per heavy atom. The number of aromatic nitrogens is 2. The van der Waals surface area contributed by atoms with Gasteiger partial charge >= 0.3 is 23.9 Å². The maximum Gasteiger partial charge on any atom is 0.373 e. The molecule has 0 amide bonds. The van der Waals surface area contributed by atoms with Crippen molar-refractivity contribution in [3.05, 3.63) is 39.2 Å². The normalized spacial score (nSPS) is 20.1. The molecule has 2 heterocycles. The van der Waals surface area contributed by atoms with E-state index in [1.165, 1.54) is 10.8 Å². The molecule has 0 radical (unpaired) electrons. The van der Waals surface area contributed by atoms with Crippen molar-refractivity contribution in [3.63, 3.8) is 0 Å². The lowest BCUT2D eigenvalue weighted by molar-refractivity contribution is -0.187. The molecule has 1 aliphatic rings. The third kappa shape index (κ3) is 6.67. The summed E-state index contributed by atoms with van der Waals surface area (Å²) >= 11 is 9.53. The number of ether oxygens (including phenoxy) is 5. The summed E-state index contributed by atoms with van der Waals surface area (Å²) in [6.45, 7) is 2.83. The van der Waals surface area contributed by atoms with Crippen LogP contribution in [0.4, 0.5) is 0 Å². The number of carbonyl (C=O) groups excluding carboxylic acids is 4. The van der Waals surface area contributed by atoms with Crippen molar-refractivity contribution in [2.24, 2.45) is 5.73 Å². The van der Waals surface area contributed by atoms with Crippen molar-refractivity contribution in [2.75, 3.05) is 13.7 Å². The minimum atomic E-state index is -1.46. The van der Waals surface area contributed by atoms with E-state index in [1.54, 1.807) is 12.1 Å². The lowest BCUT2D eigenvalue weighted by Crippen LogP contribution is -2.58. The highest BCUT2D eigenvalue weighted by Gasteiger charge is 2.47. The predicted octanol–water partition coefficient (Wildman–Crippen LogP) is 2.07. The van der Waals surface area contributed by atoms with E-state index in [4.69, 9.17) is 41.0 Å². The van der Waals surface area contributed by atoms with Crippen LogP contribution < -0.4 is 5.73 Å². The molecular formula is C24H24BrClN4O9. The zero-order chi connectivity index (χ0) is 29.0. The first-order valence-electron chi connectivity index (χ1n) is 11.3. The SMILES string of the molecule is COC(=O)C1=C[C@H](n2nc3cc(Cl)c(Br)cc3c2C#N)[C@@H](N)[C@H]([C@H](OC(C)=O)[C@@H](COC(C)=O)OC(C)=O)O1. The first-order chi connectivity index (χ1) is 18.4. The Morgan fingerprint density at radius 2 is 1.87 bits per heavy atom. The molecule has 1 aliphatic heterocycles. The Balaban J connectivity index is 2.18. The Kier molecular flexibility index (Phi) is 9.54. The number of halogens is 2. The zero-order valence-electron chi connectivity index (χ0n) is 21.2. The van der Waals surface area contributed by atoms with Gasteiger partial charge in [0.2, 0.25) is 5.76 Å². The Labute approximate surface area is 235 Å². The molecule has 208 valence electrons. The zero-order valence-corrected chi connectivity index (χ0v) is 23.5. The molecule has 0 saturated carbocycles. The van der Waals surface area contributed by atoms with E-state index >= 15 is 0 Å². The van der Waals surface area contributed by atoms with Crippen LogP contribution in [0.15, 0.2) is 28.4 Å². The van der Waals surface area contributed by atoms with Crippen LogP contribution in [0.5, 0.6) is 0 Å². The van der Waals surface area contributed by atoms with E-state index in [1.807, 2.05) is 0 Å². The summed E-state index contributed by atoms with van der Waals surface area (Å²) in [6.07, 6.45) is -2.89. The van der Waals surface area contributed by atoms with Crippen molar-refractivity contribution < 1.29 is 42.9 Å². The Hall–Kier alpha value is -3.67. The standard InChI is InChI=1S/C24H24BrClN4O9/c1-10(31)36-9-20(37-11(2)32)22(38-12(3)33)23-21(28)17(7-19(39-23)24(34)35-4)30-18(8-27)13-5-14(25)15(26)6-16(13)29-30/h5-7,17,20-23H,9,28H2,1-4H3/t17-,20+,21+,22+,23+/m0/s1. The van der Waals surface area contributed by atoms with E-state index in [9.17, 15) is 24.4 Å². The van der Waals surface area contributed by atoms with Gasteiger partial charge in [0, 0.05) is 30.6 Å². The van der Waals surface area contributed by atoms with Crippen molar-refractivity contribution in [2.45, 2.75) is 51.2 Å². The van der Waals surface area contributed by atoms with E-state index in [-0.39, 0.29) is 11.5 Å². The first-order valence-corrected chi connectivity index (χ1v) is 12.5. The van der Waals surface area contributed by atoms with Gasteiger partial charge in [-0.3, -0.25) is 14.4 Å². The fourth-order valence-corrected chi connectivity index (χ4v) is 4.54.